The predicted molar refractivity (Wildman–Crippen MR) is 127 cm³/mol. The van der Waals surface area contributed by atoms with Crippen LogP contribution in [0.3, 0.4) is 0 Å². The lowest BCUT2D eigenvalue weighted by molar-refractivity contribution is -0.270. The summed E-state index contributed by atoms with van der Waals surface area (Å²) >= 11 is 0. The number of nitrogens with one attached hydrogen (secondary N) is 2. The lowest BCUT2D eigenvalue weighted by Crippen LogP contribution is -2.52. The number of benzene rings is 2. The van der Waals surface area contributed by atoms with E-state index in [1.54, 1.807) is 20.8 Å². The molecule has 0 saturated heterocycles. The van der Waals surface area contributed by atoms with E-state index in [1.165, 1.54) is 24.3 Å². The number of amides is 2. The minimum absolute atomic E-state index is 0.00962. The van der Waals surface area contributed by atoms with Crippen LogP contribution >= 0.6 is 0 Å². The molecule has 0 fully saturated rings. The van der Waals surface area contributed by atoms with Crippen LogP contribution < -0.4 is 20.1 Å². The summed E-state index contributed by atoms with van der Waals surface area (Å²) in [6.45, 7) is 4.05. The second kappa shape index (κ2) is 13.5. The van der Waals surface area contributed by atoms with Crippen molar-refractivity contribution in [3.63, 3.8) is 0 Å². The molecule has 0 heterocycles. The maximum Gasteiger partial charge on any atom is 0.251 e. The predicted octanol–water partition coefficient (Wildman–Crippen LogP) is 3.79. The number of carboxylic acid groups (broad SMARTS) is 1. The Hall–Kier alpha value is -4.32. The third-order valence-corrected chi connectivity index (χ3v) is 5.55. The van der Waals surface area contributed by atoms with Gasteiger partial charge in [-0.1, -0.05) is 6.07 Å². The van der Waals surface area contributed by atoms with Crippen LogP contribution in [-0.2, 0) is 4.79 Å². The Morgan fingerprint density at radius 2 is 1.74 bits per heavy atom. The van der Waals surface area contributed by atoms with Gasteiger partial charge in [0.25, 0.3) is 5.91 Å². The highest BCUT2D eigenvalue weighted by Gasteiger charge is 2.26. The average Bonchev–Trinajstić information content (AvgIpc) is 2.85. The molecule has 1 atom stereocenters. The van der Waals surface area contributed by atoms with E-state index in [0.717, 1.165) is 4.90 Å². The van der Waals surface area contributed by atoms with E-state index in [1.807, 2.05) is 0 Å². The lowest BCUT2D eigenvalue weighted by Gasteiger charge is -2.38. The molecule has 0 aliphatic carbocycles. The Morgan fingerprint density at radius 1 is 1.10 bits per heavy atom. The van der Waals surface area contributed by atoms with Gasteiger partial charge in [-0.05, 0) is 58.2 Å². The van der Waals surface area contributed by atoms with E-state index < -0.39 is 65.0 Å². The van der Waals surface area contributed by atoms with Gasteiger partial charge in [0.1, 0.15) is 18.2 Å². The zero-order chi connectivity index (χ0) is 29.3. The topological polar surface area (TPSA) is 149 Å². The van der Waals surface area contributed by atoms with Crippen LogP contribution in [0.2, 0.25) is 0 Å². The van der Waals surface area contributed by atoms with Gasteiger partial charge in [-0.2, -0.15) is 8.78 Å². The molecule has 0 saturated carbocycles. The van der Waals surface area contributed by atoms with E-state index in [4.69, 9.17) is 10.3 Å². The largest absolute Gasteiger partial charge is 0.530 e. The number of unbranched alkanes of at least 4 members (excludes halogenated alkanes) is 1. The number of rotatable bonds is 12. The summed E-state index contributed by atoms with van der Waals surface area (Å²) in [6.07, 6.45) is -0.925. The molecule has 39 heavy (non-hydrogen) atoms. The van der Waals surface area contributed by atoms with Crippen molar-refractivity contribution < 1.29 is 41.8 Å². The molecule has 2 rings (SSSR count). The molecule has 2 N–H and O–H groups in total. The maximum absolute atomic E-state index is 13.9. The second-order valence-electron chi connectivity index (χ2n) is 9.41. The molecule has 0 aromatic heterocycles. The van der Waals surface area contributed by atoms with E-state index in [9.17, 15) is 37.1 Å². The van der Waals surface area contributed by atoms with Crippen LogP contribution in [0.1, 0.15) is 50.4 Å². The zero-order valence-electron chi connectivity index (χ0n) is 21.4. The summed E-state index contributed by atoms with van der Waals surface area (Å²) in [5.41, 5.74) is 6.30. The molecule has 0 radical (unpaired) electrons. The standard InChI is InChI=1S/C25H27F4N5O5/c1-25(2,3)34(24(37)38)10-5-4-9-18(31-23(36)14-7-6-8-15(11-14)32-33-30)19(35)13-39-22-20(28)16(26)12-17(27)21(22)29/h6-8,11-12,18,30H,4-5,9-10,13H2,1-3H3,(H-,31,36,37,38)/t18-/m0/s1. The number of ketones is 1. The number of nitrogens with zero attached hydrogens (tertiary/aromatic N) is 3. The Labute approximate surface area is 221 Å². The van der Waals surface area contributed by atoms with E-state index in [-0.39, 0.29) is 43.1 Å². The number of Topliss-reactive ketones (excluding diaryl/α,β-unsaturated/α-hetero) is 1. The minimum atomic E-state index is -1.83. The fraction of sp³-hybridized carbons (Fsp3) is 0.400. The molecule has 0 aliphatic heterocycles. The molecule has 2 aromatic rings. The number of hydrogen-bond acceptors (Lipinski definition) is 7. The lowest BCUT2D eigenvalue weighted by atomic mass is 10.0. The normalized spacial score (nSPS) is 11.8. The summed E-state index contributed by atoms with van der Waals surface area (Å²) < 4.78 is 59.6. The monoisotopic (exact) mass is 553 g/mol. The molecule has 0 aliphatic rings. The van der Waals surface area contributed by atoms with Crippen molar-refractivity contribution in [3.8, 4) is 5.75 Å². The van der Waals surface area contributed by atoms with Gasteiger partial charge >= 0.3 is 0 Å². The minimum Gasteiger partial charge on any atom is -0.530 e. The summed E-state index contributed by atoms with van der Waals surface area (Å²) in [6, 6.07) is 4.35. The van der Waals surface area contributed by atoms with Gasteiger partial charge in [0.15, 0.2) is 34.0 Å². The first-order valence-corrected chi connectivity index (χ1v) is 11.7. The molecular formula is C25H27F4N5O5. The quantitative estimate of drug-likeness (QED) is 0.135. The van der Waals surface area contributed by atoms with Crippen LogP contribution in [0.4, 0.5) is 28.0 Å². The van der Waals surface area contributed by atoms with Crippen molar-refractivity contribution >= 4 is 23.5 Å². The van der Waals surface area contributed by atoms with Crippen LogP contribution in [-0.4, -0.2) is 47.4 Å². The molecule has 0 bridgehead atoms. The highest BCUT2D eigenvalue weighted by Crippen LogP contribution is 2.26. The smallest absolute Gasteiger partial charge is 0.251 e. The number of halogens is 4. The van der Waals surface area contributed by atoms with Crippen LogP contribution in [0.15, 0.2) is 35.4 Å². The van der Waals surface area contributed by atoms with Gasteiger partial charge in [-0.25, -0.2) is 8.78 Å². The number of carbonyl (C=O) groups excluding carboxylic acids is 3. The Morgan fingerprint density at radius 3 is 2.31 bits per heavy atom. The van der Waals surface area contributed by atoms with E-state index in [0.29, 0.717) is 0 Å². The highest BCUT2D eigenvalue weighted by atomic mass is 19.2. The number of ether oxygens (including phenoxy) is 1. The first kappa shape index (κ1) is 30.9. The van der Waals surface area contributed by atoms with Crippen LogP contribution in [0, 0.1) is 28.8 Å². The summed E-state index contributed by atoms with van der Waals surface area (Å²) in [7, 11) is 0. The van der Waals surface area contributed by atoms with Gasteiger partial charge in [-0.15, -0.1) is 0 Å². The first-order valence-electron chi connectivity index (χ1n) is 11.7. The first-order chi connectivity index (χ1) is 18.3. The Balaban J connectivity index is 2.19. The molecule has 0 unspecified atom stereocenters. The molecule has 210 valence electrons. The Kier molecular flexibility index (Phi) is 10.7. The second-order valence-corrected chi connectivity index (χ2v) is 9.41. The molecule has 10 nitrogen and oxygen atoms in total. The van der Waals surface area contributed by atoms with Crippen molar-refractivity contribution in [2.24, 2.45) is 5.11 Å². The van der Waals surface area contributed by atoms with Crippen molar-refractivity contribution in [2.75, 3.05) is 13.2 Å². The van der Waals surface area contributed by atoms with E-state index in [2.05, 4.69) is 15.3 Å². The van der Waals surface area contributed by atoms with Gasteiger partial charge in [-0.3, -0.25) is 9.59 Å². The van der Waals surface area contributed by atoms with Gasteiger partial charge in [0.2, 0.25) is 16.5 Å². The average molecular weight is 554 g/mol. The van der Waals surface area contributed by atoms with Gasteiger partial charge in [0.05, 0.1) is 6.04 Å². The van der Waals surface area contributed by atoms with E-state index >= 15 is 0 Å². The van der Waals surface area contributed by atoms with Crippen molar-refractivity contribution in [2.45, 2.75) is 51.6 Å². The Bertz CT molecular complexity index is 1250. The van der Waals surface area contributed by atoms with Gasteiger partial charge < -0.3 is 24.9 Å². The summed E-state index contributed by atoms with van der Waals surface area (Å²) in [5, 5.41) is 17.4. The molecule has 14 heteroatoms. The number of carbonyl (C=O) groups is 3. The third-order valence-electron chi connectivity index (χ3n) is 5.55. The van der Waals surface area contributed by atoms with Crippen molar-refractivity contribution in [1.29, 1.82) is 5.53 Å². The van der Waals surface area contributed by atoms with Crippen LogP contribution in [0.25, 0.3) is 0 Å². The summed E-state index contributed by atoms with van der Waals surface area (Å²) in [5.74, 6) is -10.1. The van der Waals surface area contributed by atoms with Crippen molar-refractivity contribution in [1.82, 2.24) is 15.1 Å². The van der Waals surface area contributed by atoms with Gasteiger partial charge in [0, 0.05) is 23.7 Å². The fourth-order valence-electron chi connectivity index (χ4n) is 3.56. The molecule has 2 aromatic carbocycles. The SMILES string of the molecule is CC(C)(C)N(CCCC[C@H](NC(=O)c1cccc(N=[N+]=N)c1)C(=O)COc1c(F)c(F)cc(F)c1F)C(=O)[O-]. The summed E-state index contributed by atoms with van der Waals surface area (Å²) in [4.78, 5) is 41.1. The molecule has 2 amide bonds. The molecule has 0 spiro atoms. The zero-order valence-corrected chi connectivity index (χ0v) is 21.4. The fourth-order valence-corrected chi connectivity index (χ4v) is 3.56. The highest BCUT2D eigenvalue weighted by molar-refractivity contribution is 5.98. The number of hydrogen-bond donors (Lipinski definition) is 2. The molecular weight excluding hydrogens is 526 g/mol. The third kappa shape index (κ3) is 8.60. The van der Waals surface area contributed by atoms with Crippen LogP contribution in [0.5, 0.6) is 5.75 Å². The maximum atomic E-state index is 13.9. The van der Waals surface area contributed by atoms with Crippen molar-refractivity contribution in [3.05, 3.63) is 59.2 Å².